The number of allylic oxidation sites excluding steroid dienone is 3. The quantitative estimate of drug-likeness (QED) is 0.181. The second kappa shape index (κ2) is 7.68. The van der Waals surface area contributed by atoms with E-state index in [-0.39, 0.29) is 5.57 Å². The van der Waals surface area contributed by atoms with Crippen molar-refractivity contribution in [1.82, 2.24) is 0 Å². The summed E-state index contributed by atoms with van der Waals surface area (Å²) in [6.45, 7) is 4.03. The van der Waals surface area contributed by atoms with Crippen molar-refractivity contribution in [2.45, 2.75) is 0 Å². The van der Waals surface area contributed by atoms with Crippen LogP contribution in [0.1, 0.15) is 5.56 Å². The molecule has 5 rings (SSSR count). The molecule has 3 heteroatoms. The number of hydrogen-bond acceptors (Lipinski definition) is 3. The number of hydrogen-bond donors (Lipinski definition) is 1. The molecule has 0 aliphatic heterocycles. The average molecular weight is 415 g/mol. The summed E-state index contributed by atoms with van der Waals surface area (Å²) in [7, 11) is 0. The second-order valence-electron chi connectivity index (χ2n) is 7.43. The minimum Gasteiger partial charge on any atom is -0.307 e. The van der Waals surface area contributed by atoms with Crippen LogP contribution in [0.4, 0.5) is 0 Å². The monoisotopic (exact) mass is 414 g/mol. The lowest BCUT2D eigenvalue weighted by atomic mass is 9.98. The third kappa shape index (κ3) is 3.34. The van der Waals surface area contributed by atoms with Gasteiger partial charge in [-0.2, -0.15) is 5.26 Å². The molecule has 0 saturated carbocycles. The van der Waals surface area contributed by atoms with Gasteiger partial charge in [0.1, 0.15) is 6.07 Å². The van der Waals surface area contributed by atoms with Crippen molar-refractivity contribution in [3.63, 3.8) is 0 Å². The molecule has 0 radical (unpaired) electrons. The summed E-state index contributed by atoms with van der Waals surface area (Å²) in [5, 5.41) is 21.4. The topological polar surface area (TPSA) is 47.6 Å². The maximum atomic E-state index is 9.01. The Hall–Kier alpha value is -4.00. The molecular weight excluding hydrogens is 396 g/mol. The van der Waals surface area contributed by atoms with E-state index in [9.17, 15) is 0 Å². The molecule has 4 aromatic carbocycles. The van der Waals surface area contributed by atoms with Gasteiger partial charge in [0.05, 0.1) is 5.57 Å². The van der Waals surface area contributed by atoms with Gasteiger partial charge in [-0.1, -0.05) is 67.2 Å². The predicted molar refractivity (Wildman–Crippen MR) is 134 cm³/mol. The third-order valence-corrected chi connectivity index (χ3v) is 6.70. The molecule has 5 aromatic rings. The van der Waals surface area contributed by atoms with Crippen LogP contribution in [-0.4, -0.2) is 6.21 Å². The van der Waals surface area contributed by atoms with Crippen LogP contribution in [0, 0.1) is 16.7 Å². The summed E-state index contributed by atoms with van der Waals surface area (Å²) < 4.78 is 2.60. The largest absolute Gasteiger partial charge is 0.307 e. The summed E-state index contributed by atoms with van der Waals surface area (Å²) in [6.07, 6.45) is 2.68. The number of benzene rings is 4. The Balaban J connectivity index is 1.59. The lowest BCUT2D eigenvalue weighted by Crippen LogP contribution is -1.85. The van der Waals surface area contributed by atoms with Gasteiger partial charge in [0.2, 0.25) is 0 Å². The maximum absolute atomic E-state index is 9.01. The van der Waals surface area contributed by atoms with Crippen LogP contribution in [0.5, 0.6) is 0 Å². The Bertz CT molecular complexity index is 1560. The number of nitrogens with zero attached hydrogens (tertiary/aromatic N) is 1. The molecule has 0 bridgehead atoms. The van der Waals surface area contributed by atoms with Gasteiger partial charge >= 0.3 is 0 Å². The van der Waals surface area contributed by atoms with Crippen LogP contribution in [0.3, 0.4) is 0 Å². The van der Waals surface area contributed by atoms with Crippen LogP contribution in [0.2, 0.25) is 0 Å². The number of rotatable bonds is 4. The zero-order valence-electron chi connectivity index (χ0n) is 16.7. The Labute approximate surface area is 184 Å². The van der Waals surface area contributed by atoms with E-state index in [1.165, 1.54) is 36.5 Å². The normalized spacial score (nSPS) is 11.6. The third-order valence-electron chi connectivity index (χ3n) is 5.56. The highest BCUT2D eigenvalue weighted by molar-refractivity contribution is 7.26. The highest BCUT2D eigenvalue weighted by atomic mass is 32.1. The van der Waals surface area contributed by atoms with Crippen molar-refractivity contribution in [2.24, 2.45) is 0 Å². The van der Waals surface area contributed by atoms with E-state index in [2.05, 4.69) is 73.3 Å². The number of thiophene rings is 1. The Morgan fingerprint density at radius 1 is 0.871 bits per heavy atom. The van der Waals surface area contributed by atoms with Crippen LogP contribution < -0.4 is 0 Å². The SMILES string of the molecule is C=C(/C=C(/C#N)C=N)c1ccc(-c2ccc3sc4ccc5ccccc5c4c3c2)cc1. The lowest BCUT2D eigenvalue weighted by molar-refractivity contribution is 1.49. The Kier molecular flexibility index (Phi) is 4.71. The van der Waals surface area contributed by atoms with Crippen LogP contribution in [0.25, 0.3) is 47.6 Å². The van der Waals surface area contributed by atoms with E-state index in [0.717, 1.165) is 22.9 Å². The van der Waals surface area contributed by atoms with E-state index in [4.69, 9.17) is 10.7 Å². The van der Waals surface area contributed by atoms with Gasteiger partial charge in [-0.05, 0) is 57.3 Å². The van der Waals surface area contributed by atoms with Gasteiger partial charge < -0.3 is 5.41 Å². The molecule has 0 spiro atoms. The van der Waals surface area contributed by atoms with Crippen LogP contribution in [0.15, 0.2) is 97.1 Å². The second-order valence-corrected chi connectivity index (χ2v) is 8.52. The maximum Gasteiger partial charge on any atom is 0.101 e. The number of fused-ring (bicyclic) bond motifs is 5. The minimum absolute atomic E-state index is 0.288. The average Bonchev–Trinajstić information content (AvgIpc) is 3.21. The molecule has 0 saturated heterocycles. The fourth-order valence-corrected chi connectivity index (χ4v) is 5.08. The van der Waals surface area contributed by atoms with Gasteiger partial charge in [0, 0.05) is 26.4 Å². The summed E-state index contributed by atoms with van der Waals surface area (Å²) in [6, 6.07) is 29.8. The van der Waals surface area contributed by atoms with E-state index >= 15 is 0 Å². The highest BCUT2D eigenvalue weighted by Crippen LogP contribution is 2.40. The Morgan fingerprint density at radius 3 is 2.39 bits per heavy atom. The van der Waals surface area contributed by atoms with Crippen LogP contribution >= 0.6 is 11.3 Å². The standard InChI is InChI=1S/C28H18N2S/c1-18(14-19(16-29)17-30)20-6-8-21(9-7-20)23-11-12-26-25(15-23)28-24-5-3-2-4-22(24)10-13-27(28)31-26/h2-16,29H,1H2/b19-14+,29-16?. The van der Waals surface area contributed by atoms with Gasteiger partial charge in [0.25, 0.3) is 0 Å². The van der Waals surface area contributed by atoms with E-state index in [1.54, 1.807) is 6.08 Å². The highest BCUT2D eigenvalue weighted by Gasteiger charge is 2.10. The summed E-state index contributed by atoms with van der Waals surface area (Å²) >= 11 is 1.83. The molecule has 146 valence electrons. The van der Waals surface area contributed by atoms with Crippen molar-refractivity contribution in [1.29, 1.82) is 10.7 Å². The minimum atomic E-state index is 0.288. The fourth-order valence-electron chi connectivity index (χ4n) is 3.98. The molecule has 0 aliphatic carbocycles. The molecule has 31 heavy (non-hydrogen) atoms. The first-order valence-electron chi connectivity index (χ1n) is 9.94. The van der Waals surface area contributed by atoms with Gasteiger partial charge in [-0.15, -0.1) is 11.3 Å². The first-order chi connectivity index (χ1) is 15.2. The predicted octanol–water partition coefficient (Wildman–Crippen LogP) is 7.99. The van der Waals surface area contributed by atoms with Crippen molar-refractivity contribution >= 4 is 54.1 Å². The molecule has 2 nitrogen and oxygen atoms in total. The molecule has 1 N–H and O–H groups in total. The smallest absolute Gasteiger partial charge is 0.101 e. The molecule has 1 heterocycles. The summed E-state index contributed by atoms with van der Waals surface area (Å²) in [4.78, 5) is 0. The molecule has 0 amide bonds. The molecule has 0 fully saturated rings. The molecule has 0 aliphatic rings. The first kappa shape index (κ1) is 19.0. The fraction of sp³-hybridized carbons (Fsp3) is 0. The molecule has 0 unspecified atom stereocenters. The first-order valence-corrected chi connectivity index (χ1v) is 10.8. The van der Waals surface area contributed by atoms with E-state index < -0.39 is 0 Å². The molecule has 0 atom stereocenters. The Morgan fingerprint density at radius 2 is 1.61 bits per heavy atom. The summed E-state index contributed by atoms with van der Waals surface area (Å²) in [5.74, 6) is 0. The van der Waals surface area contributed by atoms with E-state index in [1.807, 2.05) is 29.5 Å². The van der Waals surface area contributed by atoms with Crippen molar-refractivity contribution in [3.05, 3.63) is 103 Å². The van der Waals surface area contributed by atoms with Crippen LogP contribution in [-0.2, 0) is 0 Å². The lowest BCUT2D eigenvalue weighted by Gasteiger charge is -2.06. The van der Waals surface area contributed by atoms with Gasteiger partial charge in [-0.25, -0.2) is 0 Å². The zero-order valence-corrected chi connectivity index (χ0v) is 17.5. The van der Waals surface area contributed by atoms with Crippen molar-refractivity contribution in [2.75, 3.05) is 0 Å². The zero-order chi connectivity index (χ0) is 21.4. The molecule has 1 aromatic heterocycles. The molecular formula is C28H18N2S. The van der Waals surface area contributed by atoms with Gasteiger partial charge in [-0.3, -0.25) is 0 Å². The number of nitrogens with one attached hydrogen (secondary N) is 1. The van der Waals surface area contributed by atoms with Gasteiger partial charge in [0.15, 0.2) is 0 Å². The van der Waals surface area contributed by atoms with Crippen molar-refractivity contribution in [3.8, 4) is 17.2 Å². The summed E-state index contributed by atoms with van der Waals surface area (Å²) in [5.41, 5.74) is 4.25. The van der Waals surface area contributed by atoms with E-state index in [0.29, 0.717) is 0 Å². The van der Waals surface area contributed by atoms with Crippen molar-refractivity contribution < 1.29 is 0 Å². The number of nitriles is 1.